The molecule has 0 unspecified atom stereocenters. The summed E-state index contributed by atoms with van der Waals surface area (Å²) in [7, 11) is 0. The van der Waals surface area contributed by atoms with Crippen molar-refractivity contribution < 1.29 is 9.53 Å². The standard InChI is InChI=1S/C23H28N6O3/c1-16-4-3-5-18(14-16)15-29-20(8-9-24-29)26-21(30)7-6-19-17(2)25-23(27-22(19)31)28-10-12-32-13-11-28/h3-5,8-9,14H,6-7,10-13,15H2,1-2H3,(H,26,30)(H,25,27,31). The molecule has 1 saturated heterocycles. The van der Waals surface area contributed by atoms with Crippen LogP contribution in [0.2, 0.25) is 0 Å². The van der Waals surface area contributed by atoms with Gasteiger partial charge in [-0.1, -0.05) is 29.8 Å². The van der Waals surface area contributed by atoms with E-state index in [-0.39, 0.29) is 17.9 Å². The number of anilines is 2. The van der Waals surface area contributed by atoms with E-state index in [1.807, 2.05) is 36.9 Å². The molecule has 2 aromatic heterocycles. The van der Waals surface area contributed by atoms with Gasteiger partial charge in [-0.25, -0.2) is 9.67 Å². The molecule has 4 rings (SSSR count). The van der Waals surface area contributed by atoms with E-state index in [0.717, 1.165) is 5.56 Å². The molecule has 0 aliphatic carbocycles. The fraction of sp³-hybridized carbons (Fsp3) is 0.391. The second-order valence-corrected chi connectivity index (χ2v) is 7.96. The number of hydrogen-bond donors (Lipinski definition) is 2. The van der Waals surface area contributed by atoms with Gasteiger partial charge in [-0.15, -0.1) is 0 Å². The van der Waals surface area contributed by atoms with E-state index < -0.39 is 0 Å². The lowest BCUT2D eigenvalue weighted by atomic mass is 10.1. The summed E-state index contributed by atoms with van der Waals surface area (Å²) in [6, 6.07) is 9.94. The third-order valence-electron chi connectivity index (χ3n) is 5.52. The molecule has 0 bridgehead atoms. The molecular weight excluding hydrogens is 408 g/mol. The molecule has 0 atom stereocenters. The second kappa shape index (κ2) is 9.78. The maximum absolute atomic E-state index is 12.6. The number of aromatic amines is 1. The lowest BCUT2D eigenvalue weighted by molar-refractivity contribution is -0.116. The topological polar surface area (TPSA) is 105 Å². The second-order valence-electron chi connectivity index (χ2n) is 7.96. The number of morpholine rings is 1. The molecule has 0 saturated carbocycles. The molecule has 3 aromatic rings. The van der Waals surface area contributed by atoms with Gasteiger partial charge >= 0.3 is 0 Å². The minimum Gasteiger partial charge on any atom is -0.378 e. The Labute approximate surface area is 186 Å². The van der Waals surface area contributed by atoms with Crippen molar-refractivity contribution in [3.8, 4) is 0 Å². The van der Waals surface area contributed by atoms with Gasteiger partial charge in [0.15, 0.2) is 0 Å². The molecule has 1 amide bonds. The Morgan fingerprint density at radius 3 is 2.78 bits per heavy atom. The predicted octanol–water partition coefficient (Wildman–Crippen LogP) is 2.04. The van der Waals surface area contributed by atoms with Gasteiger partial charge in [0.1, 0.15) is 5.82 Å². The van der Waals surface area contributed by atoms with Gasteiger partial charge in [-0.05, 0) is 25.8 Å². The number of amides is 1. The zero-order valence-electron chi connectivity index (χ0n) is 18.4. The largest absolute Gasteiger partial charge is 0.378 e. The smallest absolute Gasteiger partial charge is 0.255 e. The Bertz CT molecular complexity index is 1150. The zero-order chi connectivity index (χ0) is 22.5. The minimum atomic E-state index is -0.198. The Kier molecular flexibility index (Phi) is 6.65. The first kappa shape index (κ1) is 21.8. The van der Waals surface area contributed by atoms with Crippen LogP contribution in [-0.4, -0.2) is 52.0 Å². The summed E-state index contributed by atoms with van der Waals surface area (Å²) in [5.74, 6) is 1.01. The van der Waals surface area contributed by atoms with Crippen LogP contribution in [-0.2, 0) is 22.5 Å². The van der Waals surface area contributed by atoms with Crippen LogP contribution < -0.4 is 15.8 Å². The average molecular weight is 437 g/mol. The van der Waals surface area contributed by atoms with Gasteiger partial charge in [0, 0.05) is 36.8 Å². The highest BCUT2D eigenvalue weighted by Gasteiger charge is 2.17. The van der Waals surface area contributed by atoms with Crippen molar-refractivity contribution in [3.63, 3.8) is 0 Å². The van der Waals surface area contributed by atoms with Gasteiger partial charge in [-0.2, -0.15) is 5.10 Å². The number of ether oxygens (including phenoxy) is 1. The van der Waals surface area contributed by atoms with E-state index in [1.54, 1.807) is 16.9 Å². The van der Waals surface area contributed by atoms with Gasteiger partial charge in [-0.3, -0.25) is 14.6 Å². The molecule has 1 fully saturated rings. The van der Waals surface area contributed by atoms with Crippen molar-refractivity contribution in [1.29, 1.82) is 0 Å². The lowest BCUT2D eigenvalue weighted by Gasteiger charge is -2.27. The maximum atomic E-state index is 12.6. The van der Waals surface area contributed by atoms with Crippen molar-refractivity contribution in [2.45, 2.75) is 33.2 Å². The molecule has 168 valence electrons. The number of aryl methyl sites for hydroxylation is 2. The molecule has 9 nitrogen and oxygen atoms in total. The summed E-state index contributed by atoms with van der Waals surface area (Å²) in [5, 5.41) is 7.22. The van der Waals surface area contributed by atoms with Crippen molar-refractivity contribution in [2.75, 3.05) is 36.5 Å². The van der Waals surface area contributed by atoms with E-state index in [4.69, 9.17) is 4.74 Å². The number of aromatic nitrogens is 4. The van der Waals surface area contributed by atoms with E-state index >= 15 is 0 Å². The van der Waals surface area contributed by atoms with Gasteiger partial charge in [0.25, 0.3) is 5.56 Å². The highest BCUT2D eigenvalue weighted by molar-refractivity contribution is 5.90. The van der Waals surface area contributed by atoms with Gasteiger partial charge in [0.05, 0.1) is 26.0 Å². The molecule has 0 radical (unpaired) electrons. The Balaban J connectivity index is 1.37. The Morgan fingerprint density at radius 2 is 2.03 bits per heavy atom. The van der Waals surface area contributed by atoms with Gasteiger partial charge < -0.3 is 15.0 Å². The number of H-pyrrole nitrogens is 1. The van der Waals surface area contributed by atoms with E-state index in [0.29, 0.717) is 62.3 Å². The number of nitrogens with zero attached hydrogens (tertiary/aromatic N) is 4. The first-order chi connectivity index (χ1) is 15.5. The Morgan fingerprint density at radius 1 is 1.22 bits per heavy atom. The maximum Gasteiger partial charge on any atom is 0.255 e. The van der Waals surface area contributed by atoms with Crippen molar-refractivity contribution in [1.82, 2.24) is 19.7 Å². The first-order valence-corrected chi connectivity index (χ1v) is 10.8. The third-order valence-corrected chi connectivity index (χ3v) is 5.52. The molecule has 0 spiro atoms. The summed E-state index contributed by atoms with van der Waals surface area (Å²) < 4.78 is 7.10. The van der Waals surface area contributed by atoms with Crippen LogP contribution in [0.4, 0.5) is 11.8 Å². The number of nitrogens with one attached hydrogen (secondary N) is 2. The normalized spacial score (nSPS) is 13.9. The van der Waals surface area contributed by atoms with E-state index in [2.05, 4.69) is 26.4 Å². The molecule has 2 N–H and O–H groups in total. The summed E-state index contributed by atoms with van der Waals surface area (Å²) in [4.78, 5) is 34.6. The van der Waals surface area contributed by atoms with Crippen molar-refractivity contribution >= 4 is 17.7 Å². The van der Waals surface area contributed by atoms with E-state index in [1.165, 1.54) is 5.56 Å². The van der Waals surface area contributed by atoms with Crippen LogP contribution in [0, 0.1) is 13.8 Å². The SMILES string of the molecule is Cc1cccc(Cn2nccc2NC(=O)CCc2c(C)nc(N3CCOCC3)[nH]c2=O)c1. The number of rotatable bonds is 7. The summed E-state index contributed by atoms with van der Waals surface area (Å²) in [6.07, 6.45) is 2.15. The van der Waals surface area contributed by atoms with Crippen LogP contribution >= 0.6 is 0 Å². The molecule has 32 heavy (non-hydrogen) atoms. The summed E-state index contributed by atoms with van der Waals surface area (Å²) >= 11 is 0. The first-order valence-electron chi connectivity index (χ1n) is 10.8. The van der Waals surface area contributed by atoms with Crippen molar-refractivity contribution in [2.24, 2.45) is 0 Å². The van der Waals surface area contributed by atoms with Crippen LogP contribution in [0.3, 0.4) is 0 Å². The average Bonchev–Trinajstić information content (AvgIpc) is 3.20. The van der Waals surface area contributed by atoms with Crippen molar-refractivity contribution in [3.05, 3.63) is 69.3 Å². The lowest BCUT2D eigenvalue weighted by Crippen LogP contribution is -2.38. The molecule has 3 heterocycles. The minimum absolute atomic E-state index is 0.174. The van der Waals surface area contributed by atoms with Crippen LogP contribution in [0.15, 0.2) is 41.3 Å². The highest BCUT2D eigenvalue weighted by atomic mass is 16.5. The van der Waals surface area contributed by atoms with Crippen LogP contribution in [0.25, 0.3) is 0 Å². The summed E-state index contributed by atoms with van der Waals surface area (Å²) in [6.45, 7) is 7.04. The van der Waals surface area contributed by atoms with E-state index in [9.17, 15) is 9.59 Å². The molecular formula is C23H28N6O3. The predicted molar refractivity (Wildman–Crippen MR) is 122 cm³/mol. The molecule has 1 aliphatic heterocycles. The fourth-order valence-corrected chi connectivity index (χ4v) is 3.81. The van der Waals surface area contributed by atoms with Crippen LogP contribution in [0.5, 0.6) is 0 Å². The van der Waals surface area contributed by atoms with Gasteiger partial charge in [0.2, 0.25) is 11.9 Å². The number of hydrogen-bond acceptors (Lipinski definition) is 6. The molecule has 1 aromatic carbocycles. The Hall–Kier alpha value is -3.46. The number of carbonyl (C=O) groups excluding carboxylic acids is 1. The molecule has 1 aliphatic rings. The quantitative estimate of drug-likeness (QED) is 0.587. The fourth-order valence-electron chi connectivity index (χ4n) is 3.81. The monoisotopic (exact) mass is 436 g/mol. The molecule has 9 heteroatoms. The number of carbonyl (C=O) groups is 1. The zero-order valence-corrected chi connectivity index (χ0v) is 18.4. The number of benzene rings is 1. The highest BCUT2D eigenvalue weighted by Crippen LogP contribution is 2.14. The summed E-state index contributed by atoms with van der Waals surface area (Å²) in [5.41, 5.74) is 3.26. The van der Waals surface area contributed by atoms with Crippen LogP contribution in [0.1, 0.15) is 28.8 Å². The third kappa shape index (κ3) is 5.23.